The smallest absolute Gasteiger partial charge is 0.272 e. The third kappa shape index (κ3) is 4.39. The van der Waals surface area contributed by atoms with Crippen molar-refractivity contribution in [3.8, 4) is 0 Å². The first-order chi connectivity index (χ1) is 11.0. The second-order valence-electron chi connectivity index (χ2n) is 4.61. The van der Waals surface area contributed by atoms with Crippen molar-refractivity contribution in [1.82, 2.24) is 20.4 Å². The fourth-order valence-corrected chi connectivity index (χ4v) is 2.41. The largest absolute Gasteiger partial charge is 0.355 e. The van der Waals surface area contributed by atoms with Crippen molar-refractivity contribution in [3.63, 3.8) is 0 Å². The van der Waals surface area contributed by atoms with Gasteiger partial charge in [-0.2, -0.15) is 5.10 Å². The minimum absolute atomic E-state index is 0.123. The third-order valence-electron chi connectivity index (χ3n) is 2.88. The Bertz CT molecular complexity index is 708. The molecule has 0 unspecified atom stereocenters. The summed E-state index contributed by atoms with van der Waals surface area (Å²) < 4.78 is 1.40. The number of thiophene rings is 1. The number of hydrogen-bond acceptors (Lipinski definition) is 5. The number of aryl methyl sites for hydroxylation is 1. The Kier molecular flexibility index (Phi) is 5.47. The van der Waals surface area contributed by atoms with Gasteiger partial charge in [0.05, 0.1) is 11.4 Å². The molecule has 3 amide bonds. The summed E-state index contributed by atoms with van der Waals surface area (Å²) in [5.41, 5.74) is 0.123. The quantitative estimate of drug-likeness (QED) is 0.719. The second kappa shape index (κ2) is 7.54. The predicted molar refractivity (Wildman–Crippen MR) is 86.5 cm³/mol. The van der Waals surface area contributed by atoms with E-state index in [-0.39, 0.29) is 24.1 Å². The minimum atomic E-state index is -0.483. The molecular weight excluding hydrogens is 318 g/mol. The first kappa shape index (κ1) is 16.7. The number of nitrogens with one attached hydrogen (secondary N) is 3. The van der Waals surface area contributed by atoms with Gasteiger partial charge in [0, 0.05) is 19.7 Å². The zero-order valence-electron chi connectivity index (χ0n) is 12.8. The highest BCUT2D eigenvalue weighted by Gasteiger charge is 2.16. The van der Waals surface area contributed by atoms with Crippen LogP contribution in [0.25, 0.3) is 0 Å². The van der Waals surface area contributed by atoms with E-state index in [9.17, 15) is 14.4 Å². The Morgan fingerprint density at radius 3 is 2.70 bits per heavy atom. The van der Waals surface area contributed by atoms with Crippen LogP contribution in [-0.4, -0.2) is 40.6 Å². The van der Waals surface area contributed by atoms with E-state index in [0.717, 1.165) is 0 Å². The van der Waals surface area contributed by atoms with Gasteiger partial charge in [-0.05, 0) is 18.4 Å². The molecule has 122 valence electrons. The molecule has 0 saturated heterocycles. The Hall–Kier alpha value is -2.68. The number of carbonyl (C=O) groups is 3. The summed E-state index contributed by atoms with van der Waals surface area (Å²) in [6.45, 7) is 2.17. The van der Waals surface area contributed by atoms with Crippen LogP contribution in [0.3, 0.4) is 0 Å². The SMILES string of the molecule is CCNC(=O)CNC(=O)c1cc(NC(=O)c2cccs2)n(C)n1. The lowest BCUT2D eigenvalue weighted by Gasteiger charge is -2.02. The minimum Gasteiger partial charge on any atom is -0.355 e. The molecule has 0 aliphatic carbocycles. The Morgan fingerprint density at radius 2 is 2.04 bits per heavy atom. The van der Waals surface area contributed by atoms with Gasteiger partial charge in [-0.1, -0.05) is 6.07 Å². The first-order valence-electron chi connectivity index (χ1n) is 6.95. The van der Waals surface area contributed by atoms with Crippen LogP contribution >= 0.6 is 11.3 Å². The molecule has 0 bridgehead atoms. The molecule has 0 spiro atoms. The lowest BCUT2D eigenvalue weighted by molar-refractivity contribution is -0.120. The summed E-state index contributed by atoms with van der Waals surface area (Å²) >= 11 is 1.32. The Labute approximate surface area is 136 Å². The molecular formula is C14H17N5O3S. The maximum Gasteiger partial charge on any atom is 0.272 e. The number of likely N-dealkylation sites (N-methyl/N-ethyl adjacent to an activating group) is 1. The topological polar surface area (TPSA) is 105 Å². The van der Waals surface area contributed by atoms with Crippen molar-refractivity contribution in [2.45, 2.75) is 6.92 Å². The number of aromatic nitrogens is 2. The number of rotatable bonds is 6. The van der Waals surface area contributed by atoms with Gasteiger partial charge in [0.2, 0.25) is 5.91 Å². The van der Waals surface area contributed by atoms with Gasteiger partial charge in [-0.15, -0.1) is 11.3 Å². The molecule has 0 aromatic carbocycles. The number of hydrogen-bond donors (Lipinski definition) is 3. The first-order valence-corrected chi connectivity index (χ1v) is 7.83. The highest BCUT2D eigenvalue weighted by Crippen LogP contribution is 2.14. The van der Waals surface area contributed by atoms with Crippen LogP contribution in [0.2, 0.25) is 0 Å². The molecule has 2 aromatic heterocycles. The van der Waals surface area contributed by atoms with E-state index in [0.29, 0.717) is 17.2 Å². The van der Waals surface area contributed by atoms with E-state index in [1.807, 2.05) is 0 Å². The summed E-state index contributed by atoms with van der Waals surface area (Å²) in [4.78, 5) is 35.8. The molecule has 0 saturated carbocycles. The van der Waals surface area contributed by atoms with Gasteiger partial charge >= 0.3 is 0 Å². The molecule has 2 aromatic rings. The standard InChI is InChI=1S/C14H17N5O3S/c1-3-15-12(20)8-16-13(21)9-7-11(19(2)18-9)17-14(22)10-5-4-6-23-10/h4-7H,3,8H2,1-2H3,(H,15,20)(H,16,21)(H,17,22). The summed E-state index contributed by atoms with van der Waals surface area (Å²) in [6.07, 6.45) is 0. The normalized spacial score (nSPS) is 10.2. The predicted octanol–water partition coefficient (Wildman–Crippen LogP) is 0.600. The fraction of sp³-hybridized carbons (Fsp3) is 0.286. The van der Waals surface area contributed by atoms with Crippen LogP contribution < -0.4 is 16.0 Å². The number of carbonyl (C=O) groups excluding carboxylic acids is 3. The molecule has 0 aliphatic rings. The zero-order valence-corrected chi connectivity index (χ0v) is 13.6. The van der Waals surface area contributed by atoms with E-state index < -0.39 is 5.91 Å². The number of anilines is 1. The monoisotopic (exact) mass is 335 g/mol. The van der Waals surface area contributed by atoms with Crippen molar-refractivity contribution in [2.75, 3.05) is 18.4 Å². The van der Waals surface area contributed by atoms with Crippen molar-refractivity contribution in [1.29, 1.82) is 0 Å². The Balaban J connectivity index is 1.98. The van der Waals surface area contributed by atoms with Gasteiger partial charge < -0.3 is 16.0 Å². The van der Waals surface area contributed by atoms with Crippen LogP contribution in [0.15, 0.2) is 23.6 Å². The molecule has 0 aliphatic heterocycles. The van der Waals surface area contributed by atoms with E-state index in [1.165, 1.54) is 22.1 Å². The summed E-state index contributed by atoms with van der Waals surface area (Å²) in [7, 11) is 1.62. The van der Waals surface area contributed by atoms with Crippen molar-refractivity contribution in [2.24, 2.45) is 7.05 Å². The lowest BCUT2D eigenvalue weighted by atomic mass is 10.3. The van der Waals surface area contributed by atoms with Gasteiger partial charge in [-0.25, -0.2) is 0 Å². The van der Waals surface area contributed by atoms with Crippen molar-refractivity contribution >= 4 is 34.9 Å². The molecule has 0 radical (unpaired) electrons. The van der Waals surface area contributed by atoms with Crippen molar-refractivity contribution in [3.05, 3.63) is 34.2 Å². The summed E-state index contributed by atoms with van der Waals surface area (Å²) in [5, 5.41) is 13.6. The van der Waals surface area contributed by atoms with Crippen LogP contribution in [0.1, 0.15) is 27.1 Å². The number of nitrogens with zero attached hydrogens (tertiary/aromatic N) is 2. The van der Waals surface area contributed by atoms with Crippen molar-refractivity contribution < 1.29 is 14.4 Å². The van der Waals surface area contributed by atoms with Gasteiger partial charge in [-0.3, -0.25) is 19.1 Å². The van der Waals surface area contributed by atoms with E-state index >= 15 is 0 Å². The third-order valence-corrected chi connectivity index (χ3v) is 3.75. The molecule has 0 atom stereocenters. The van der Waals surface area contributed by atoms with Gasteiger partial charge in [0.15, 0.2) is 5.69 Å². The van der Waals surface area contributed by atoms with Gasteiger partial charge in [0.1, 0.15) is 5.82 Å². The van der Waals surface area contributed by atoms with Crippen LogP contribution in [0.4, 0.5) is 5.82 Å². The van der Waals surface area contributed by atoms with Crippen LogP contribution in [0.5, 0.6) is 0 Å². The van der Waals surface area contributed by atoms with Crippen LogP contribution in [-0.2, 0) is 11.8 Å². The summed E-state index contributed by atoms with van der Waals surface area (Å²) in [6, 6.07) is 4.94. The molecule has 3 N–H and O–H groups in total. The van der Waals surface area contributed by atoms with Gasteiger partial charge in [0.25, 0.3) is 11.8 Å². The highest BCUT2D eigenvalue weighted by atomic mass is 32.1. The second-order valence-corrected chi connectivity index (χ2v) is 5.55. The number of amides is 3. The van der Waals surface area contributed by atoms with Crippen LogP contribution in [0, 0.1) is 0 Å². The molecule has 23 heavy (non-hydrogen) atoms. The highest BCUT2D eigenvalue weighted by molar-refractivity contribution is 7.12. The average molecular weight is 335 g/mol. The average Bonchev–Trinajstić information content (AvgIpc) is 3.16. The molecule has 0 fully saturated rings. The molecule has 8 nitrogen and oxygen atoms in total. The molecule has 2 rings (SSSR count). The fourth-order valence-electron chi connectivity index (χ4n) is 1.79. The maximum atomic E-state index is 12.0. The van der Waals surface area contributed by atoms with E-state index in [2.05, 4.69) is 21.0 Å². The molecule has 2 heterocycles. The van der Waals surface area contributed by atoms with E-state index in [1.54, 1.807) is 31.5 Å². The Morgan fingerprint density at radius 1 is 1.26 bits per heavy atom. The maximum absolute atomic E-state index is 12.0. The lowest BCUT2D eigenvalue weighted by Crippen LogP contribution is -2.36. The molecule has 9 heteroatoms. The zero-order chi connectivity index (χ0) is 16.8. The summed E-state index contributed by atoms with van der Waals surface area (Å²) in [5.74, 6) is -0.629. The van der Waals surface area contributed by atoms with E-state index in [4.69, 9.17) is 0 Å².